The fraction of sp³-hybridized carbons (Fsp3) is 0.143. The fourth-order valence-corrected chi connectivity index (χ4v) is 1.66. The van der Waals surface area contributed by atoms with Gasteiger partial charge in [-0.3, -0.25) is 0 Å². The van der Waals surface area contributed by atoms with Crippen molar-refractivity contribution in [3.63, 3.8) is 0 Å². The molecule has 1 aromatic rings. The summed E-state index contributed by atoms with van der Waals surface area (Å²) in [6.07, 6.45) is 0. The van der Waals surface area contributed by atoms with E-state index in [2.05, 4.69) is 5.22 Å². The van der Waals surface area contributed by atoms with Crippen LogP contribution in [0.25, 0.3) is 0 Å². The zero-order valence-corrected chi connectivity index (χ0v) is 7.96. The molecular formula is C7H5Cl2N3O. The SMILES string of the molecule is [O-][N+]1=NN(Cl)Cc2cccc(Cl)c21. The van der Waals surface area contributed by atoms with Crippen molar-refractivity contribution in [1.29, 1.82) is 0 Å². The largest absolute Gasteiger partial charge is 0.691 e. The van der Waals surface area contributed by atoms with Crippen LogP contribution in [0, 0.1) is 5.21 Å². The van der Waals surface area contributed by atoms with Crippen molar-refractivity contribution in [2.75, 3.05) is 0 Å². The third-order valence-corrected chi connectivity index (χ3v) is 2.23. The van der Waals surface area contributed by atoms with Gasteiger partial charge < -0.3 is 5.21 Å². The second kappa shape index (κ2) is 3.05. The average molecular weight is 218 g/mol. The molecule has 6 heteroatoms. The maximum absolute atomic E-state index is 11.3. The van der Waals surface area contributed by atoms with Crippen molar-refractivity contribution in [2.24, 2.45) is 5.22 Å². The normalized spacial score (nSPS) is 15.2. The second-order valence-electron chi connectivity index (χ2n) is 2.60. The van der Waals surface area contributed by atoms with E-state index in [1.165, 1.54) is 0 Å². The number of benzene rings is 1. The Labute approximate surface area is 84.6 Å². The van der Waals surface area contributed by atoms with Gasteiger partial charge in [-0.25, -0.2) is 0 Å². The van der Waals surface area contributed by atoms with Crippen molar-refractivity contribution < 1.29 is 4.86 Å². The number of halogens is 2. The second-order valence-corrected chi connectivity index (χ2v) is 3.40. The van der Waals surface area contributed by atoms with E-state index in [0.29, 0.717) is 22.1 Å². The summed E-state index contributed by atoms with van der Waals surface area (Å²) in [5.41, 5.74) is 1.15. The van der Waals surface area contributed by atoms with Crippen LogP contribution in [0.1, 0.15) is 5.56 Å². The third-order valence-electron chi connectivity index (χ3n) is 1.74. The Morgan fingerprint density at radius 3 is 3.08 bits per heavy atom. The first-order chi connectivity index (χ1) is 6.18. The van der Waals surface area contributed by atoms with Crippen LogP contribution in [0.3, 0.4) is 0 Å². The number of para-hydroxylation sites is 1. The Balaban J connectivity index is 2.60. The molecule has 1 heterocycles. The summed E-state index contributed by atoms with van der Waals surface area (Å²) in [7, 11) is 0. The first-order valence-corrected chi connectivity index (χ1v) is 4.29. The van der Waals surface area contributed by atoms with Crippen LogP contribution in [-0.4, -0.2) is 9.39 Å². The van der Waals surface area contributed by atoms with Gasteiger partial charge in [0.05, 0.1) is 5.02 Å². The van der Waals surface area contributed by atoms with Gasteiger partial charge in [-0.05, 0) is 6.07 Å². The van der Waals surface area contributed by atoms with E-state index in [-0.39, 0.29) is 0 Å². The molecule has 68 valence electrons. The number of hydrogen-bond acceptors (Lipinski definition) is 3. The summed E-state index contributed by atoms with van der Waals surface area (Å²) >= 11 is 11.4. The zero-order valence-electron chi connectivity index (χ0n) is 6.44. The number of fused-ring (bicyclic) bond motifs is 1. The highest BCUT2D eigenvalue weighted by Crippen LogP contribution is 2.32. The molecule has 0 fully saturated rings. The molecule has 0 saturated carbocycles. The van der Waals surface area contributed by atoms with Gasteiger partial charge in [0.15, 0.2) is 24.0 Å². The zero-order chi connectivity index (χ0) is 9.42. The molecule has 0 radical (unpaired) electrons. The fourth-order valence-electron chi connectivity index (χ4n) is 1.21. The Morgan fingerprint density at radius 2 is 2.31 bits per heavy atom. The van der Waals surface area contributed by atoms with E-state index in [0.717, 1.165) is 10.1 Å². The summed E-state index contributed by atoms with van der Waals surface area (Å²) < 4.78 is 1.05. The molecule has 1 aliphatic heterocycles. The van der Waals surface area contributed by atoms with Gasteiger partial charge in [0, 0.05) is 5.56 Å². The van der Waals surface area contributed by atoms with Crippen molar-refractivity contribution in [2.45, 2.75) is 6.54 Å². The average Bonchev–Trinajstić information content (AvgIpc) is 2.02. The van der Waals surface area contributed by atoms with Crippen LogP contribution in [0.2, 0.25) is 5.02 Å². The summed E-state index contributed by atoms with van der Waals surface area (Å²) in [6, 6.07) is 5.20. The first-order valence-electron chi connectivity index (χ1n) is 3.58. The summed E-state index contributed by atoms with van der Waals surface area (Å²) in [6.45, 7) is 0.385. The molecule has 13 heavy (non-hydrogen) atoms. The highest BCUT2D eigenvalue weighted by atomic mass is 35.5. The van der Waals surface area contributed by atoms with Crippen LogP contribution in [0.15, 0.2) is 23.4 Å². The summed E-state index contributed by atoms with van der Waals surface area (Å²) in [5, 5.41) is 15.1. The molecule has 0 N–H and O–H groups in total. The van der Waals surface area contributed by atoms with E-state index < -0.39 is 0 Å². The highest BCUT2D eigenvalue weighted by molar-refractivity contribution is 6.32. The molecule has 1 aromatic carbocycles. The van der Waals surface area contributed by atoms with E-state index in [1.54, 1.807) is 18.2 Å². The lowest BCUT2D eigenvalue weighted by atomic mass is 10.2. The Bertz CT molecular complexity index is 380. The molecule has 0 aliphatic carbocycles. The first kappa shape index (κ1) is 8.59. The Morgan fingerprint density at radius 1 is 1.54 bits per heavy atom. The lowest BCUT2D eigenvalue weighted by Gasteiger charge is -2.17. The summed E-state index contributed by atoms with van der Waals surface area (Å²) in [5.74, 6) is 0. The van der Waals surface area contributed by atoms with Gasteiger partial charge in [0.25, 0.3) is 0 Å². The molecule has 0 bridgehead atoms. The number of hydrogen-bond donors (Lipinski definition) is 0. The minimum absolute atomic E-state index is 0.376. The van der Waals surface area contributed by atoms with Gasteiger partial charge in [0.2, 0.25) is 0 Å². The Hall–Kier alpha value is -1.00. The van der Waals surface area contributed by atoms with Crippen molar-refractivity contribution >= 4 is 29.1 Å². The molecule has 0 atom stereocenters. The minimum atomic E-state index is 0.376. The maximum atomic E-state index is 11.3. The quantitative estimate of drug-likeness (QED) is 0.381. The molecule has 0 amide bonds. The predicted octanol–water partition coefficient (Wildman–Crippen LogP) is 2.82. The van der Waals surface area contributed by atoms with E-state index in [9.17, 15) is 5.21 Å². The molecule has 2 rings (SSSR count). The van der Waals surface area contributed by atoms with Gasteiger partial charge in [-0.15, -0.1) is 4.86 Å². The Kier molecular flexibility index (Phi) is 2.01. The third kappa shape index (κ3) is 1.43. The topological polar surface area (TPSA) is 41.7 Å². The molecule has 0 saturated heterocycles. The van der Waals surface area contributed by atoms with E-state index in [1.807, 2.05) is 0 Å². The lowest BCUT2D eigenvalue weighted by Crippen LogP contribution is -2.15. The van der Waals surface area contributed by atoms with Crippen LogP contribution >= 0.6 is 23.4 Å². The van der Waals surface area contributed by atoms with Gasteiger partial charge in [0.1, 0.15) is 5.22 Å². The van der Waals surface area contributed by atoms with Gasteiger partial charge >= 0.3 is 0 Å². The smallest absolute Gasteiger partial charge is 0.179 e. The van der Waals surface area contributed by atoms with Crippen LogP contribution < -0.4 is 0 Å². The van der Waals surface area contributed by atoms with Gasteiger partial charge in [-0.1, -0.05) is 28.3 Å². The number of rotatable bonds is 0. The minimum Gasteiger partial charge on any atom is -0.691 e. The maximum Gasteiger partial charge on any atom is 0.179 e. The van der Waals surface area contributed by atoms with Crippen LogP contribution in [0.5, 0.6) is 0 Å². The molecule has 0 spiro atoms. The van der Waals surface area contributed by atoms with Crippen LogP contribution in [0.4, 0.5) is 5.69 Å². The summed E-state index contributed by atoms with van der Waals surface area (Å²) in [4.78, 5) is 0.425. The van der Waals surface area contributed by atoms with Crippen molar-refractivity contribution in [1.82, 2.24) is 4.53 Å². The standard InChI is InChI=1S/C7H5Cl2N3O/c8-6-3-1-2-5-4-11(9)10-12(13)7(5)6/h1-3H,4H2. The van der Waals surface area contributed by atoms with Crippen LogP contribution in [-0.2, 0) is 6.54 Å². The van der Waals surface area contributed by atoms with E-state index in [4.69, 9.17) is 23.4 Å². The lowest BCUT2D eigenvalue weighted by molar-refractivity contribution is -0.463. The molecule has 0 unspecified atom stereocenters. The molecule has 4 nitrogen and oxygen atoms in total. The molecule has 0 aromatic heterocycles. The predicted molar refractivity (Wildman–Crippen MR) is 48.6 cm³/mol. The van der Waals surface area contributed by atoms with Crippen molar-refractivity contribution in [3.05, 3.63) is 34.0 Å². The van der Waals surface area contributed by atoms with E-state index >= 15 is 0 Å². The highest BCUT2D eigenvalue weighted by Gasteiger charge is 2.22. The van der Waals surface area contributed by atoms with Crippen molar-refractivity contribution in [3.8, 4) is 0 Å². The van der Waals surface area contributed by atoms with Gasteiger partial charge in [-0.2, -0.15) is 0 Å². The molecular weight excluding hydrogens is 213 g/mol. The number of nitrogens with zero attached hydrogens (tertiary/aromatic N) is 3. The molecule has 1 aliphatic rings. The monoisotopic (exact) mass is 217 g/mol.